The van der Waals surface area contributed by atoms with Crippen LogP contribution in [0.15, 0.2) is 48.5 Å². The van der Waals surface area contributed by atoms with Gasteiger partial charge in [-0.3, -0.25) is 4.90 Å². The van der Waals surface area contributed by atoms with Crippen LogP contribution in [0.2, 0.25) is 0 Å². The number of aliphatic hydroxyl groups excluding tert-OH is 1. The molecule has 3 saturated heterocycles. The van der Waals surface area contributed by atoms with E-state index < -0.39 is 18.8 Å². The predicted octanol–water partition coefficient (Wildman–Crippen LogP) is 2.36. The van der Waals surface area contributed by atoms with Crippen LogP contribution in [-0.2, 0) is 16.0 Å². The average Bonchev–Trinajstić information content (AvgIpc) is 3.29. The van der Waals surface area contributed by atoms with Gasteiger partial charge in [-0.2, -0.15) is 0 Å². The first-order valence-electron chi connectivity index (χ1n) is 12.0. The summed E-state index contributed by atoms with van der Waals surface area (Å²) >= 11 is 0. The number of hydrogen-bond acceptors (Lipinski definition) is 8. The number of rotatable bonds is 7. The molecule has 11 heteroatoms. The topological polar surface area (TPSA) is 75.7 Å². The number of fused-ring (bicyclic) bond motifs is 2. The molecular formula is C25H30F3N3O5. The lowest BCUT2D eigenvalue weighted by atomic mass is 9.94. The Morgan fingerprint density at radius 1 is 1.06 bits per heavy atom. The molecule has 196 valence electrons. The van der Waals surface area contributed by atoms with E-state index in [0.29, 0.717) is 13.2 Å². The summed E-state index contributed by atoms with van der Waals surface area (Å²) in [6.07, 6.45) is -6.26. The third-order valence-corrected chi connectivity index (χ3v) is 6.99. The first-order chi connectivity index (χ1) is 17.3. The molecular weight excluding hydrogens is 479 g/mol. The van der Waals surface area contributed by atoms with E-state index in [-0.39, 0.29) is 23.9 Å². The zero-order valence-electron chi connectivity index (χ0n) is 19.9. The number of hydrogen-bond donors (Lipinski definition) is 2. The van der Waals surface area contributed by atoms with Crippen LogP contribution in [0.1, 0.15) is 5.56 Å². The van der Waals surface area contributed by atoms with Crippen LogP contribution in [0.25, 0.3) is 0 Å². The molecule has 36 heavy (non-hydrogen) atoms. The normalized spacial score (nSPS) is 28.8. The van der Waals surface area contributed by atoms with Gasteiger partial charge in [-0.15, -0.1) is 13.2 Å². The van der Waals surface area contributed by atoms with Crippen molar-refractivity contribution >= 4 is 5.69 Å². The molecule has 2 N–H and O–H groups in total. The highest BCUT2D eigenvalue weighted by Gasteiger charge is 2.52. The van der Waals surface area contributed by atoms with E-state index in [1.807, 2.05) is 24.3 Å². The molecule has 0 spiro atoms. The largest absolute Gasteiger partial charge is 0.573 e. The molecule has 3 fully saturated rings. The molecule has 8 nitrogen and oxygen atoms in total. The van der Waals surface area contributed by atoms with Gasteiger partial charge in [0.1, 0.15) is 17.6 Å². The minimum Gasteiger partial charge on any atom is -0.495 e. The standard InChI is InChI=1S/C25H30F3N3O5/c1-33-19-5-3-2-4-18(19)30-10-12-31(13-11-30)22-23(32)21(20-15-34-24(22)35-20)29-14-16-6-8-17(9-7-16)36-25(26,27)28/h2-9,20-24,29,32H,10-15H2,1H3. The summed E-state index contributed by atoms with van der Waals surface area (Å²) in [7, 11) is 1.66. The molecule has 0 saturated carbocycles. The molecule has 3 aliphatic rings. The molecule has 5 rings (SSSR count). The van der Waals surface area contributed by atoms with Crippen LogP contribution in [-0.4, -0.2) is 86.8 Å². The zero-order valence-corrected chi connectivity index (χ0v) is 19.9. The van der Waals surface area contributed by atoms with Crippen LogP contribution in [0.5, 0.6) is 11.5 Å². The lowest BCUT2D eigenvalue weighted by Gasteiger charge is -2.47. The van der Waals surface area contributed by atoms with Gasteiger partial charge >= 0.3 is 6.36 Å². The van der Waals surface area contributed by atoms with E-state index in [1.165, 1.54) is 12.1 Å². The molecule has 0 aromatic heterocycles. The van der Waals surface area contributed by atoms with Gasteiger partial charge in [0.15, 0.2) is 6.29 Å². The van der Waals surface area contributed by atoms with Gasteiger partial charge in [0.25, 0.3) is 0 Å². The third-order valence-electron chi connectivity index (χ3n) is 6.99. The molecule has 0 aliphatic carbocycles. The minimum absolute atomic E-state index is 0.272. The van der Waals surface area contributed by atoms with Crippen molar-refractivity contribution in [2.24, 2.45) is 0 Å². The monoisotopic (exact) mass is 509 g/mol. The van der Waals surface area contributed by atoms with Crippen molar-refractivity contribution in [3.63, 3.8) is 0 Å². The second kappa shape index (κ2) is 10.4. The maximum Gasteiger partial charge on any atom is 0.573 e. The van der Waals surface area contributed by atoms with Crippen molar-refractivity contribution in [1.82, 2.24) is 10.2 Å². The highest BCUT2D eigenvalue weighted by Crippen LogP contribution is 2.34. The Kier molecular flexibility index (Phi) is 7.27. The molecule has 5 unspecified atom stereocenters. The molecule has 0 radical (unpaired) electrons. The fraction of sp³-hybridized carbons (Fsp3) is 0.520. The smallest absolute Gasteiger partial charge is 0.495 e. The zero-order chi connectivity index (χ0) is 25.3. The van der Waals surface area contributed by atoms with Crippen molar-refractivity contribution in [3.05, 3.63) is 54.1 Å². The quantitative estimate of drug-likeness (QED) is 0.590. The predicted molar refractivity (Wildman–Crippen MR) is 125 cm³/mol. The Hall–Kier alpha value is -2.57. The van der Waals surface area contributed by atoms with Gasteiger partial charge in [0.05, 0.1) is 37.6 Å². The number of aliphatic hydroxyl groups is 1. The van der Waals surface area contributed by atoms with Crippen molar-refractivity contribution in [2.45, 2.75) is 43.5 Å². The van der Waals surface area contributed by atoms with E-state index in [4.69, 9.17) is 14.2 Å². The minimum atomic E-state index is -4.73. The van der Waals surface area contributed by atoms with Crippen molar-refractivity contribution in [2.75, 3.05) is 44.8 Å². The van der Waals surface area contributed by atoms with E-state index in [9.17, 15) is 18.3 Å². The molecule has 3 aliphatic heterocycles. The number of alkyl halides is 3. The van der Waals surface area contributed by atoms with Crippen LogP contribution < -0.4 is 19.7 Å². The number of methoxy groups -OCH3 is 1. The van der Waals surface area contributed by atoms with Gasteiger partial charge in [-0.1, -0.05) is 24.3 Å². The van der Waals surface area contributed by atoms with Crippen LogP contribution in [0.3, 0.4) is 0 Å². The molecule has 2 bridgehead atoms. The van der Waals surface area contributed by atoms with Crippen molar-refractivity contribution in [3.8, 4) is 11.5 Å². The molecule has 2 aromatic rings. The van der Waals surface area contributed by atoms with E-state index in [0.717, 1.165) is 43.2 Å². The summed E-state index contributed by atoms with van der Waals surface area (Å²) in [5.41, 5.74) is 1.81. The van der Waals surface area contributed by atoms with E-state index >= 15 is 0 Å². The van der Waals surface area contributed by atoms with Crippen LogP contribution >= 0.6 is 0 Å². The van der Waals surface area contributed by atoms with E-state index in [1.54, 1.807) is 19.2 Å². The number of anilines is 1. The summed E-state index contributed by atoms with van der Waals surface area (Å²) in [5.74, 6) is 0.558. The van der Waals surface area contributed by atoms with Crippen LogP contribution in [0.4, 0.5) is 18.9 Å². The molecule has 0 amide bonds. The van der Waals surface area contributed by atoms with Gasteiger partial charge in [0.2, 0.25) is 0 Å². The lowest BCUT2D eigenvalue weighted by Crippen LogP contribution is -2.66. The molecule has 2 aromatic carbocycles. The maximum absolute atomic E-state index is 12.4. The summed E-state index contributed by atoms with van der Waals surface area (Å²) in [4.78, 5) is 4.48. The maximum atomic E-state index is 12.4. The van der Waals surface area contributed by atoms with Crippen LogP contribution in [0, 0.1) is 0 Å². The fourth-order valence-corrected chi connectivity index (χ4v) is 5.24. The summed E-state index contributed by atoms with van der Waals surface area (Å²) in [5, 5.41) is 14.7. The van der Waals surface area contributed by atoms with Crippen molar-refractivity contribution < 1.29 is 37.2 Å². The second-order valence-corrected chi connectivity index (χ2v) is 9.15. The Bertz CT molecular complexity index is 1020. The van der Waals surface area contributed by atoms with Gasteiger partial charge in [-0.05, 0) is 29.8 Å². The Morgan fingerprint density at radius 2 is 1.78 bits per heavy atom. The number of para-hydroxylation sites is 2. The molecule has 5 atom stereocenters. The van der Waals surface area contributed by atoms with Gasteiger partial charge in [-0.25, -0.2) is 0 Å². The van der Waals surface area contributed by atoms with E-state index in [2.05, 4.69) is 19.9 Å². The SMILES string of the molecule is COc1ccccc1N1CCN(C2C3OCC(O3)C(NCc3ccc(OC(F)(F)F)cc3)C2O)CC1. The second-order valence-electron chi connectivity index (χ2n) is 9.15. The number of ether oxygens (including phenoxy) is 4. The highest BCUT2D eigenvalue weighted by atomic mass is 19.4. The average molecular weight is 510 g/mol. The summed E-state index contributed by atoms with van der Waals surface area (Å²) in [6.45, 7) is 3.71. The Balaban J connectivity index is 1.20. The summed E-state index contributed by atoms with van der Waals surface area (Å²) < 4.78 is 58.6. The third kappa shape index (κ3) is 5.40. The van der Waals surface area contributed by atoms with Gasteiger partial charge < -0.3 is 34.3 Å². The Labute approximate surface area is 207 Å². The first kappa shape index (κ1) is 25.1. The number of nitrogens with zero attached hydrogens (tertiary/aromatic N) is 2. The Morgan fingerprint density at radius 3 is 2.47 bits per heavy atom. The highest BCUT2D eigenvalue weighted by molar-refractivity contribution is 5.58. The number of halogens is 3. The molecule has 3 heterocycles. The fourth-order valence-electron chi connectivity index (χ4n) is 5.24. The lowest BCUT2D eigenvalue weighted by molar-refractivity contribution is -0.274. The number of piperazine rings is 1. The number of nitrogens with one attached hydrogen (secondary N) is 1. The number of benzene rings is 2. The van der Waals surface area contributed by atoms with Crippen molar-refractivity contribution in [1.29, 1.82) is 0 Å². The van der Waals surface area contributed by atoms with Gasteiger partial charge in [0, 0.05) is 32.7 Å². The first-order valence-corrected chi connectivity index (χ1v) is 12.0. The summed E-state index contributed by atoms with van der Waals surface area (Å²) in [6, 6.07) is 12.9.